The molecule has 0 amide bonds. The van der Waals surface area contributed by atoms with Gasteiger partial charge in [0.2, 0.25) is 6.29 Å². The molecule has 1 atom stereocenters. The van der Waals surface area contributed by atoms with E-state index in [0.717, 1.165) is 0 Å². The SMILES string of the molecule is [O]C(CO)OO. The molecule has 0 aliphatic carbocycles. The predicted molar refractivity (Wildman–Crippen MR) is 15.3 cm³/mol. The molecule has 6 heavy (non-hydrogen) atoms. The van der Waals surface area contributed by atoms with Crippen molar-refractivity contribution in [2.75, 3.05) is 6.61 Å². The van der Waals surface area contributed by atoms with Gasteiger partial charge in [-0.25, -0.2) is 10.1 Å². The third-order valence-electron chi connectivity index (χ3n) is 0.267. The van der Waals surface area contributed by atoms with Gasteiger partial charge in [-0.05, 0) is 0 Å². The summed E-state index contributed by atoms with van der Waals surface area (Å²) in [6.07, 6.45) is -1.70. The summed E-state index contributed by atoms with van der Waals surface area (Å²) in [5.74, 6) is 0. The molecule has 0 bridgehead atoms. The zero-order valence-electron chi connectivity index (χ0n) is 3.00. The lowest BCUT2D eigenvalue weighted by atomic mass is 10.7. The average molecular weight is 93.1 g/mol. The number of rotatable bonds is 2. The van der Waals surface area contributed by atoms with Gasteiger partial charge in [0, 0.05) is 0 Å². The quantitative estimate of drug-likeness (QED) is 0.267. The van der Waals surface area contributed by atoms with Gasteiger partial charge in [-0.15, -0.1) is 0 Å². The molecule has 4 heteroatoms. The van der Waals surface area contributed by atoms with Gasteiger partial charge >= 0.3 is 0 Å². The summed E-state index contributed by atoms with van der Waals surface area (Å²) in [4.78, 5) is 3.09. The Labute approximate surface area is 34.5 Å². The Morgan fingerprint density at radius 2 is 2.33 bits per heavy atom. The number of hydrogen-bond donors (Lipinski definition) is 2. The third kappa shape index (κ3) is 2.10. The molecule has 0 aromatic heterocycles. The highest BCUT2D eigenvalue weighted by molar-refractivity contribution is 4.22. The zero-order valence-corrected chi connectivity index (χ0v) is 3.00. The van der Waals surface area contributed by atoms with Crippen LogP contribution in [0.5, 0.6) is 0 Å². The van der Waals surface area contributed by atoms with Crippen molar-refractivity contribution < 1.29 is 20.4 Å². The summed E-state index contributed by atoms with van der Waals surface area (Å²) >= 11 is 0. The van der Waals surface area contributed by atoms with Gasteiger partial charge in [-0.1, -0.05) is 0 Å². The van der Waals surface area contributed by atoms with Crippen LogP contribution >= 0.6 is 0 Å². The minimum atomic E-state index is -1.70. The number of aliphatic hydroxyl groups is 1. The van der Waals surface area contributed by atoms with Crippen LogP contribution in [0, 0.1) is 0 Å². The first kappa shape index (κ1) is 5.84. The molecule has 0 aliphatic rings. The predicted octanol–water partition coefficient (Wildman–Crippen LogP) is -0.775. The molecule has 0 rings (SSSR count). The molecule has 0 saturated carbocycles. The smallest absolute Gasteiger partial charge is 0.246 e. The van der Waals surface area contributed by atoms with Crippen molar-refractivity contribution in [3.8, 4) is 0 Å². The molecule has 0 saturated heterocycles. The molecule has 37 valence electrons. The molecule has 2 N–H and O–H groups in total. The number of hydrogen-bond acceptors (Lipinski definition) is 3. The largest absolute Gasteiger partial charge is 0.391 e. The first-order valence-corrected chi connectivity index (χ1v) is 1.38. The Bertz CT molecular complexity index is 24.7. The first-order chi connectivity index (χ1) is 2.81. The van der Waals surface area contributed by atoms with E-state index in [-0.39, 0.29) is 0 Å². The van der Waals surface area contributed by atoms with Crippen molar-refractivity contribution in [3.63, 3.8) is 0 Å². The average Bonchev–Trinajstić information content (AvgIpc) is 1.65. The van der Waals surface area contributed by atoms with E-state index < -0.39 is 12.9 Å². The summed E-state index contributed by atoms with van der Waals surface area (Å²) in [7, 11) is 0. The van der Waals surface area contributed by atoms with Crippen LogP contribution < -0.4 is 0 Å². The van der Waals surface area contributed by atoms with Crippen LogP contribution in [0.25, 0.3) is 0 Å². The van der Waals surface area contributed by atoms with Gasteiger partial charge < -0.3 is 5.11 Å². The Morgan fingerprint density at radius 3 is 2.33 bits per heavy atom. The summed E-state index contributed by atoms with van der Waals surface area (Å²) in [6, 6.07) is 0. The summed E-state index contributed by atoms with van der Waals surface area (Å²) in [5.41, 5.74) is 0. The van der Waals surface area contributed by atoms with Crippen molar-refractivity contribution >= 4 is 0 Å². The van der Waals surface area contributed by atoms with Crippen molar-refractivity contribution in [1.82, 2.24) is 0 Å². The minimum Gasteiger partial charge on any atom is -0.391 e. The van der Waals surface area contributed by atoms with E-state index in [0.29, 0.717) is 0 Å². The maximum Gasteiger partial charge on any atom is 0.246 e. The molecular weight excluding hydrogens is 88.0 g/mol. The molecule has 0 aliphatic heterocycles. The molecule has 0 aromatic rings. The topological polar surface area (TPSA) is 69.6 Å². The summed E-state index contributed by atoms with van der Waals surface area (Å²) in [5, 5.41) is 24.6. The second-order valence-corrected chi connectivity index (χ2v) is 0.718. The fourth-order valence-electron chi connectivity index (χ4n) is 0.0333. The van der Waals surface area contributed by atoms with E-state index in [1.54, 1.807) is 0 Å². The zero-order chi connectivity index (χ0) is 4.99. The van der Waals surface area contributed by atoms with Crippen molar-refractivity contribution in [2.24, 2.45) is 0 Å². The van der Waals surface area contributed by atoms with Crippen LogP contribution in [0.4, 0.5) is 0 Å². The highest BCUT2D eigenvalue weighted by Crippen LogP contribution is 1.76. The Balaban J connectivity index is 2.75. The lowest BCUT2D eigenvalue weighted by Gasteiger charge is -1.93. The maximum absolute atomic E-state index is 9.54. The van der Waals surface area contributed by atoms with Gasteiger partial charge in [-0.2, -0.15) is 5.11 Å². The van der Waals surface area contributed by atoms with Crippen molar-refractivity contribution in [1.29, 1.82) is 0 Å². The molecular formula is C2H5O4. The molecule has 0 spiro atoms. The number of aliphatic hydroxyl groups excluding tert-OH is 1. The van der Waals surface area contributed by atoms with E-state index in [2.05, 4.69) is 4.89 Å². The fraction of sp³-hybridized carbons (Fsp3) is 1.00. The van der Waals surface area contributed by atoms with Gasteiger partial charge in [0.25, 0.3) is 0 Å². The molecule has 1 unspecified atom stereocenters. The van der Waals surface area contributed by atoms with E-state index in [9.17, 15) is 5.11 Å². The van der Waals surface area contributed by atoms with E-state index in [1.807, 2.05) is 0 Å². The highest BCUT2D eigenvalue weighted by Gasteiger charge is 1.98. The second kappa shape index (κ2) is 3.05. The maximum atomic E-state index is 9.54. The minimum absolute atomic E-state index is 0.698. The van der Waals surface area contributed by atoms with Crippen LogP contribution in [-0.4, -0.2) is 23.3 Å². The Kier molecular flexibility index (Phi) is 2.97. The van der Waals surface area contributed by atoms with Crippen LogP contribution in [0.15, 0.2) is 0 Å². The van der Waals surface area contributed by atoms with Gasteiger partial charge in [0.1, 0.15) is 6.61 Å². The molecule has 0 aromatic carbocycles. The molecule has 0 heterocycles. The molecule has 1 radical (unpaired) electrons. The van der Waals surface area contributed by atoms with Gasteiger partial charge in [0.15, 0.2) is 0 Å². The fourth-order valence-corrected chi connectivity index (χ4v) is 0.0333. The standard InChI is InChI=1S/C2H5O4/c3-1-2(4)6-5/h2-3,5H,1H2. The normalized spacial score (nSPS) is 14.5. The highest BCUT2D eigenvalue weighted by atomic mass is 17.1. The van der Waals surface area contributed by atoms with Crippen molar-refractivity contribution in [3.05, 3.63) is 0 Å². The van der Waals surface area contributed by atoms with E-state index in [1.165, 1.54) is 0 Å². The lowest BCUT2D eigenvalue weighted by Crippen LogP contribution is -2.11. The summed E-state index contributed by atoms with van der Waals surface area (Å²) in [6.45, 7) is -0.698. The van der Waals surface area contributed by atoms with Gasteiger partial charge in [0.05, 0.1) is 0 Å². The third-order valence-corrected chi connectivity index (χ3v) is 0.267. The molecule has 0 fully saturated rings. The summed E-state index contributed by atoms with van der Waals surface area (Å²) < 4.78 is 0. The van der Waals surface area contributed by atoms with Crippen LogP contribution in [-0.2, 0) is 9.99 Å². The first-order valence-electron chi connectivity index (χ1n) is 1.38. The second-order valence-electron chi connectivity index (χ2n) is 0.718. The van der Waals surface area contributed by atoms with Crippen LogP contribution in [0.1, 0.15) is 0 Å². The monoisotopic (exact) mass is 93.0 g/mol. The van der Waals surface area contributed by atoms with Crippen molar-refractivity contribution in [2.45, 2.75) is 6.29 Å². The van der Waals surface area contributed by atoms with Crippen LogP contribution in [0.3, 0.4) is 0 Å². The lowest BCUT2D eigenvalue weighted by molar-refractivity contribution is -0.355. The van der Waals surface area contributed by atoms with Gasteiger partial charge in [-0.3, -0.25) is 0 Å². The molecule has 4 nitrogen and oxygen atoms in total. The van der Waals surface area contributed by atoms with E-state index >= 15 is 0 Å². The Morgan fingerprint density at radius 1 is 1.83 bits per heavy atom. The Hall–Kier alpha value is -0.160. The van der Waals surface area contributed by atoms with E-state index in [4.69, 9.17) is 10.4 Å². The van der Waals surface area contributed by atoms with Crippen LogP contribution in [0.2, 0.25) is 0 Å².